The molecule has 17 heavy (non-hydrogen) atoms. The highest BCUT2D eigenvalue weighted by Crippen LogP contribution is 2.24. The summed E-state index contributed by atoms with van der Waals surface area (Å²) >= 11 is 7.08. The average Bonchev–Trinajstić information content (AvgIpc) is 2.69. The minimum atomic E-state index is -0.249. The summed E-state index contributed by atoms with van der Waals surface area (Å²) in [6, 6.07) is 1.34. The van der Waals surface area contributed by atoms with Gasteiger partial charge in [-0.15, -0.1) is 11.6 Å². The van der Waals surface area contributed by atoms with E-state index in [1.54, 1.807) is 0 Å². The number of nitrogens with zero attached hydrogens (tertiary/aromatic N) is 2. The Bertz CT molecular complexity index is 491. The molecule has 2 heterocycles. The Labute approximate surface area is 108 Å². The Hall–Kier alpha value is -1.01. The van der Waals surface area contributed by atoms with E-state index >= 15 is 0 Å². The predicted octanol–water partition coefficient (Wildman–Crippen LogP) is 1.08. The zero-order valence-corrected chi connectivity index (χ0v) is 10.8. The molecule has 0 saturated carbocycles. The van der Waals surface area contributed by atoms with Gasteiger partial charge < -0.3 is 4.98 Å². The van der Waals surface area contributed by atoms with Gasteiger partial charge >= 0.3 is 0 Å². The number of rotatable bonds is 3. The highest BCUT2D eigenvalue weighted by molar-refractivity contribution is 7.98. The first-order valence-electron chi connectivity index (χ1n) is 5.15. The molecule has 0 spiro atoms. The van der Waals surface area contributed by atoms with Crippen molar-refractivity contribution in [2.24, 2.45) is 5.92 Å². The second-order valence-corrected chi connectivity index (χ2v) is 4.95. The number of aromatic nitrogens is 2. The van der Waals surface area contributed by atoms with E-state index in [0.29, 0.717) is 29.8 Å². The van der Waals surface area contributed by atoms with E-state index in [4.69, 9.17) is 11.6 Å². The fourth-order valence-corrected chi connectivity index (χ4v) is 2.36. The largest absolute Gasteiger partial charge is 0.301 e. The van der Waals surface area contributed by atoms with E-state index in [0.717, 1.165) is 0 Å². The Morgan fingerprint density at radius 1 is 1.65 bits per heavy atom. The summed E-state index contributed by atoms with van der Waals surface area (Å²) in [6.45, 7) is 0.534. The van der Waals surface area contributed by atoms with Crippen LogP contribution in [0.3, 0.4) is 0 Å². The number of carbonyl (C=O) groups excluding carboxylic acids is 1. The monoisotopic (exact) mass is 273 g/mol. The van der Waals surface area contributed by atoms with Crippen LogP contribution >= 0.6 is 23.4 Å². The topological polar surface area (TPSA) is 66.1 Å². The first-order valence-corrected chi connectivity index (χ1v) is 6.91. The summed E-state index contributed by atoms with van der Waals surface area (Å²) in [5.74, 6) is 0.973. The minimum absolute atomic E-state index is 0.0270. The molecule has 0 aromatic carbocycles. The Balaban J connectivity index is 2.31. The van der Waals surface area contributed by atoms with Crippen molar-refractivity contribution in [2.75, 3.05) is 23.6 Å². The number of alkyl halides is 1. The predicted molar refractivity (Wildman–Crippen MR) is 67.8 cm³/mol. The van der Waals surface area contributed by atoms with Crippen molar-refractivity contribution in [2.45, 2.75) is 11.6 Å². The second-order valence-electron chi connectivity index (χ2n) is 3.84. The molecule has 0 aliphatic carbocycles. The molecular formula is C10H12ClN3O2S. The molecular weight excluding hydrogens is 262 g/mol. The van der Waals surface area contributed by atoms with Gasteiger partial charge in [0.2, 0.25) is 5.91 Å². The standard InChI is InChI=1S/C10H12ClN3O2S/c1-17-10-12-7(3-8(15)13-10)14-5-6(4-11)2-9(14)16/h3,6H,2,4-5H2,1H3,(H,12,13,15). The highest BCUT2D eigenvalue weighted by Gasteiger charge is 2.31. The third kappa shape index (κ3) is 2.63. The molecule has 1 amide bonds. The van der Waals surface area contributed by atoms with Crippen LogP contribution in [0.4, 0.5) is 5.82 Å². The summed E-state index contributed by atoms with van der Waals surface area (Å²) in [7, 11) is 0. The molecule has 0 radical (unpaired) electrons. The number of hydrogen-bond donors (Lipinski definition) is 1. The van der Waals surface area contributed by atoms with E-state index in [1.165, 1.54) is 22.7 Å². The summed E-state index contributed by atoms with van der Waals surface area (Å²) in [5.41, 5.74) is -0.249. The van der Waals surface area contributed by atoms with Crippen molar-refractivity contribution in [1.29, 1.82) is 0 Å². The SMILES string of the molecule is CSc1nc(N2CC(CCl)CC2=O)cc(=O)[nH]1. The maximum atomic E-state index is 11.8. The van der Waals surface area contributed by atoms with E-state index in [-0.39, 0.29) is 17.4 Å². The van der Waals surface area contributed by atoms with Crippen LogP contribution in [-0.4, -0.2) is 34.6 Å². The van der Waals surface area contributed by atoms with Crippen molar-refractivity contribution in [3.05, 3.63) is 16.4 Å². The number of hydrogen-bond acceptors (Lipinski definition) is 4. The van der Waals surface area contributed by atoms with Crippen LogP contribution in [0.25, 0.3) is 0 Å². The molecule has 92 valence electrons. The lowest BCUT2D eigenvalue weighted by molar-refractivity contribution is -0.117. The molecule has 2 rings (SSSR count). The van der Waals surface area contributed by atoms with E-state index < -0.39 is 0 Å². The van der Waals surface area contributed by atoms with Gasteiger partial charge in [-0.2, -0.15) is 0 Å². The van der Waals surface area contributed by atoms with Gasteiger partial charge in [0.1, 0.15) is 5.82 Å². The zero-order chi connectivity index (χ0) is 12.4. The lowest BCUT2D eigenvalue weighted by Gasteiger charge is -2.15. The van der Waals surface area contributed by atoms with Crippen molar-refractivity contribution in [1.82, 2.24) is 9.97 Å². The number of halogens is 1. The molecule has 1 aliphatic heterocycles. The quantitative estimate of drug-likeness (QED) is 0.508. The lowest BCUT2D eigenvalue weighted by atomic mass is 10.1. The molecule has 0 bridgehead atoms. The molecule has 1 aliphatic rings. The molecule has 1 saturated heterocycles. The smallest absolute Gasteiger partial charge is 0.253 e. The normalized spacial score (nSPS) is 20.0. The second kappa shape index (κ2) is 5.10. The lowest BCUT2D eigenvalue weighted by Crippen LogP contribution is -2.27. The van der Waals surface area contributed by atoms with E-state index in [1.807, 2.05) is 6.26 Å². The van der Waals surface area contributed by atoms with Gasteiger partial charge in [-0.1, -0.05) is 11.8 Å². The van der Waals surface area contributed by atoms with Crippen LogP contribution in [0, 0.1) is 5.92 Å². The van der Waals surface area contributed by atoms with E-state index in [9.17, 15) is 9.59 Å². The highest BCUT2D eigenvalue weighted by atomic mass is 35.5. The number of carbonyl (C=O) groups is 1. The average molecular weight is 274 g/mol. The Morgan fingerprint density at radius 3 is 3.00 bits per heavy atom. The fraction of sp³-hybridized carbons (Fsp3) is 0.500. The molecule has 1 fully saturated rings. The maximum Gasteiger partial charge on any atom is 0.253 e. The molecule has 1 aromatic heterocycles. The summed E-state index contributed by atoms with van der Waals surface area (Å²) in [6.07, 6.45) is 2.24. The van der Waals surface area contributed by atoms with Gasteiger partial charge in [-0.3, -0.25) is 14.5 Å². The van der Waals surface area contributed by atoms with Crippen LogP contribution in [0.5, 0.6) is 0 Å². The number of thioether (sulfide) groups is 1. The first kappa shape index (κ1) is 12.4. The van der Waals surface area contributed by atoms with Crippen molar-refractivity contribution >= 4 is 35.1 Å². The summed E-state index contributed by atoms with van der Waals surface area (Å²) < 4.78 is 0. The van der Waals surface area contributed by atoms with Gasteiger partial charge in [-0.25, -0.2) is 4.98 Å². The summed E-state index contributed by atoms with van der Waals surface area (Å²) in [4.78, 5) is 31.5. The van der Waals surface area contributed by atoms with Crippen LogP contribution in [0.2, 0.25) is 0 Å². The van der Waals surface area contributed by atoms with Gasteiger partial charge in [0, 0.05) is 24.9 Å². The van der Waals surface area contributed by atoms with Crippen LogP contribution in [0.15, 0.2) is 16.0 Å². The van der Waals surface area contributed by atoms with Crippen molar-refractivity contribution < 1.29 is 4.79 Å². The number of H-pyrrole nitrogens is 1. The van der Waals surface area contributed by atoms with Gasteiger partial charge in [0.15, 0.2) is 5.16 Å². The maximum absolute atomic E-state index is 11.8. The number of amides is 1. The Morgan fingerprint density at radius 2 is 2.41 bits per heavy atom. The van der Waals surface area contributed by atoms with Crippen LogP contribution in [-0.2, 0) is 4.79 Å². The minimum Gasteiger partial charge on any atom is -0.301 e. The van der Waals surface area contributed by atoms with Crippen molar-refractivity contribution in [3.8, 4) is 0 Å². The molecule has 1 N–H and O–H groups in total. The first-order chi connectivity index (χ1) is 8.13. The molecule has 1 atom stereocenters. The molecule has 5 nitrogen and oxygen atoms in total. The van der Waals surface area contributed by atoms with Crippen LogP contribution in [0.1, 0.15) is 6.42 Å². The van der Waals surface area contributed by atoms with Crippen LogP contribution < -0.4 is 10.5 Å². The fourth-order valence-electron chi connectivity index (χ4n) is 1.76. The number of nitrogens with one attached hydrogen (secondary N) is 1. The number of anilines is 1. The van der Waals surface area contributed by atoms with Gasteiger partial charge in [0.05, 0.1) is 0 Å². The number of aromatic amines is 1. The van der Waals surface area contributed by atoms with Crippen molar-refractivity contribution in [3.63, 3.8) is 0 Å². The molecule has 1 aromatic rings. The molecule has 1 unspecified atom stereocenters. The zero-order valence-electron chi connectivity index (χ0n) is 9.27. The third-order valence-corrected chi connectivity index (χ3v) is 3.62. The molecule has 7 heteroatoms. The van der Waals surface area contributed by atoms with E-state index in [2.05, 4.69) is 9.97 Å². The van der Waals surface area contributed by atoms with Gasteiger partial charge in [-0.05, 0) is 12.2 Å². The third-order valence-electron chi connectivity index (χ3n) is 2.60. The summed E-state index contributed by atoms with van der Waals surface area (Å²) in [5, 5.41) is 0.509. The van der Waals surface area contributed by atoms with Gasteiger partial charge in [0.25, 0.3) is 5.56 Å². The Kier molecular flexibility index (Phi) is 3.73.